The molecule has 0 spiro atoms. The predicted octanol–water partition coefficient (Wildman–Crippen LogP) is 1.23. The highest BCUT2D eigenvalue weighted by atomic mass is 32.2. The van der Waals surface area contributed by atoms with Crippen molar-refractivity contribution in [3.8, 4) is 0 Å². The summed E-state index contributed by atoms with van der Waals surface area (Å²) in [6, 6.07) is 3.60. The van der Waals surface area contributed by atoms with Crippen LogP contribution in [0.25, 0.3) is 0 Å². The number of aromatic nitrogens is 2. The fourth-order valence-electron chi connectivity index (χ4n) is 1.92. The highest BCUT2D eigenvalue weighted by molar-refractivity contribution is 7.89. The summed E-state index contributed by atoms with van der Waals surface area (Å²) in [4.78, 5) is 6.14. The van der Waals surface area contributed by atoms with E-state index in [4.69, 9.17) is 4.52 Å². The summed E-state index contributed by atoms with van der Waals surface area (Å²) in [7, 11) is 0.100. The van der Waals surface area contributed by atoms with Crippen LogP contribution in [0.2, 0.25) is 0 Å². The van der Waals surface area contributed by atoms with E-state index in [0.29, 0.717) is 5.69 Å². The van der Waals surface area contributed by atoms with E-state index in [1.165, 1.54) is 0 Å². The number of sulfonamides is 1. The quantitative estimate of drug-likeness (QED) is 0.893. The normalized spacial score (nSPS) is 11.6. The molecule has 7 nitrogen and oxygen atoms in total. The summed E-state index contributed by atoms with van der Waals surface area (Å²) in [6.45, 7) is 3.35. The van der Waals surface area contributed by atoms with E-state index in [2.05, 4.69) is 14.9 Å². The molecule has 0 fully saturated rings. The Morgan fingerprint density at radius 3 is 2.62 bits per heavy atom. The van der Waals surface area contributed by atoms with Crippen molar-refractivity contribution in [2.45, 2.75) is 25.3 Å². The fourth-order valence-corrected chi connectivity index (χ4v) is 3.27. The average Bonchev–Trinajstić information content (AvgIpc) is 2.77. The van der Waals surface area contributed by atoms with Crippen LogP contribution >= 0.6 is 0 Å². The van der Waals surface area contributed by atoms with Gasteiger partial charge in [0, 0.05) is 26.8 Å². The summed E-state index contributed by atoms with van der Waals surface area (Å²) in [6.07, 6.45) is 1.65. The molecule has 114 valence electrons. The molecule has 1 N–H and O–H groups in total. The van der Waals surface area contributed by atoms with Crippen molar-refractivity contribution in [1.82, 2.24) is 14.9 Å². The first-order chi connectivity index (χ1) is 9.81. The minimum atomic E-state index is -3.65. The number of hydrogen-bond donors (Lipinski definition) is 1. The second-order valence-electron chi connectivity index (χ2n) is 4.89. The third-order valence-electron chi connectivity index (χ3n) is 2.97. The van der Waals surface area contributed by atoms with Gasteiger partial charge in [-0.2, -0.15) is 0 Å². The molecule has 2 rings (SSSR count). The Bertz CT molecular complexity index is 718. The van der Waals surface area contributed by atoms with Crippen LogP contribution in [0.3, 0.4) is 0 Å². The number of rotatable bonds is 5. The lowest BCUT2D eigenvalue weighted by Gasteiger charge is -2.12. The largest absolute Gasteiger partial charge is 0.363 e. The summed E-state index contributed by atoms with van der Waals surface area (Å²) >= 11 is 0. The molecule has 0 saturated heterocycles. The lowest BCUT2D eigenvalue weighted by atomic mass is 10.2. The molecule has 0 amide bonds. The van der Waals surface area contributed by atoms with E-state index in [9.17, 15) is 8.42 Å². The Kier molecular flexibility index (Phi) is 4.29. The third-order valence-corrected chi connectivity index (χ3v) is 4.62. The van der Waals surface area contributed by atoms with Crippen LogP contribution in [0.1, 0.15) is 17.0 Å². The van der Waals surface area contributed by atoms with Gasteiger partial charge < -0.3 is 9.42 Å². The zero-order valence-electron chi connectivity index (χ0n) is 12.4. The fraction of sp³-hybridized carbons (Fsp3) is 0.385. The lowest BCUT2D eigenvalue weighted by molar-refractivity contribution is 0.390. The van der Waals surface area contributed by atoms with Gasteiger partial charge in [-0.25, -0.2) is 18.1 Å². The molecule has 0 bridgehead atoms. The summed E-state index contributed by atoms with van der Waals surface area (Å²) < 4.78 is 32.0. The third kappa shape index (κ3) is 3.40. The second kappa shape index (κ2) is 5.82. The van der Waals surface area contributed by atoms with E-state index in [1.54, 1.807) is 26.1 Å². The first-order valence-corrected chi connectivity index (χ1v) is 7.84. The lowest BCUT2D eigenvalue weighted by Crippen LogP contribution is -2.24. The Morgan fingerprint density at radius 2 is 2.05 bits per heavy atom. The van der Waals surface area contributed by atoms with Gasteiger partial charge in [0.25, 0.3) is 0 Å². The van der Waals surface area contributed by atoms with Crippen molar-refractivity contribution in [1.29, 1.82) is 0 Å². The highest BCUT2D eigenvalue weighted by Gasteiger charge is 2.23. The van der Waals surface area contributed by atoms with Crippen molar-refractivity contribution in [3.05, 3.63) is 35.3 Å². The molecular formula is C13H18N4O3S. The molecule has 0 aromatic carbocycles. The van der Waals surface area contributed by atoms with E-state index in [1.807, 2.05) is 25.1 Å². The zero-order valence-corrected chi connectivity index (χ0v) is 13.2. The molecule has 21 heavy (non-hydrogen) atoms. The highest BCUT2D eigenvalue weighted by Crippen LogP contribution is 2.19. The van der Waals surface area contributed by atoms with Crippen LogP contribution in [0.4, 0.5) is 5.82 Å². The first kappa shape index (κ1) is 15.5. The number of nitrogens with zero attached hydrogens (tertiary/aromatic N) is 3. The Balaban J connectivity index is 2.18. The minimum absolute atomic E-state index is 0.101. The van der Waals surface area contributed by atoms with Gasteiger partial charge in [-0.1, -0.05) is 5.16 Å². The maximum Gasteiger partial charge on any atom is 0.246 e. The molecule has 2 heterocycles. The van der Waals surface area contributed by atoms with Crippen LogP contribution in [0.15, 0.2) is 27.7 Å². The van der Waals surface area contributed by atoms with Gasteiger partial charge >= 0.3 is 0 Å². The van der Waals surface area contributed by atoms with Gasteiger partial charge in [0.1, 0.15) is 16.4 Å². The number of hydrogen-bond acceptors (Lipinski definition) is 6. The molecular weight excluding hydrogens is 292 g/mol. The van der Waals surface area contributed by atoms with Crippen LogP contribution in [0, 0.1) is 13.8 Å². The SMILES string of the molecule is Cc1noc(C)c1S(=O)(=O)NCc1ccnc(N(C)C)c1. The molecule has 0 aliphatic heterocycles. The van der Waals surface area contributed by atoms with Crippen LogP contribution in [-0.4, -0.2) is 32.7 Å². The maximum absolute atomic E-state index is 12.3. The van der Waals surface area contributed by atoms with Crippen molar-refractivity contribution >= 4 is 15.8 Å². The topological polar surface area (TPSA) is 88.3 Å². The van der Waals surface area contributed by atoms with E-state index in [-0.39, 0.29) is 17.2 Å². The second-order valence-corrected chi connectivity index (χ2v) is 6.60. The predicted molar refractivity (Wildman–Crippen MR) is 78.6 cm³/mol. The average molecular weight is 310 g/mol. The Morgan fingerprint density at radius 1 is 1.33 bits per heavy atom. The summed E-state index contributed by atoms with van der Waals surface area (Å²) in [5.74, 6) is 1.05. The van der Waals surface area contributed by atoms with E-state index < -0.39 is 10.0 Å². The Hall–Kier alpha value is -1.93. The monoisotopic (exact) mass is 310 g/mol. The van der Waals surface area contributed by atoms with Gasteiger partial charge in [0.2, 0.25) is 10.0 Å². The van der Waals surface area contributed by atoms with Crippen molar-refractivity contribution in [2.75, 3.05) is 19.0 Å². The molecule has 0 unspecified atom stereocenters. The van der Waals surface area contributed by atoms with Crippen molar-refractivity contribution < 1.29 is 12.9 Å². The minimum Gasteiger partial charge on any atom is -0.363 e. The van der Waals surface area contributed by atoms with Crippen molar-refractivity contribution in [2.24, 2.45) is 0 Å². The standard InChI is InChI=1S/C13H18N4O3S/c1-9-13(10(2)20-16-9)21(18,19)15-8-11-5-6-14-12(7-11)17(3)4/h5-7,15H,8H2,1-4H3. The number of aryl methyl sites for hydroxylation is 2. The van der Waals surface area contributed by atoms with E-state index in [0.717, 1.165) is 11.4 Å². The Labute approximate surface area is 124 Å². The molecule has 0 saturated carbocycles. The van der Waals surface area contributed by atoms with Gasteiger partial charge in [0.15, 0.2) is 5.76 Å². The van der Waals surface area contributed by atoms with Gasteiger partial charge in [-0.05, 0) is 31.5 Å². The summed E-state index contributed by atoms with van der Waals surface area (Å²) in [5.41, 5.74) is 1.17. The van der Waals surface area contributed by atoms with Gasteiger partial charge in [0.05, 0.1) is 0 Å². The molecule has 2 aromatic rings. The molecule has 0 radical (unpaired) electrons. The zero-order chi connectivity index (χ0) is 15.6. The number of pyridine rings is 1. The van der Waals surface area contributed by atoms with Crippen LogP contribution in [-0.2, 0) is 16.6 Å². The van der Waals surface area contributed by atoms with Crippen molar-refractivity contribution in [3.63, 3.8) is 0 Å². The number of nitrogens with one attached hydrogen (secondary N) is 1. The maximum atomic E-state index is 12.3. The van der Waals surface area contributed by atoms with Crippen LogP contribution in [0.5, 0.6) is 0 Å². The van der Waals surface area contributed by atoms with Crippen LogP contribution < -0.4 is 9.62 Å². The molecule has 0 aliphatic carbocycles. The molecule has 0 aliphatic rings. The van der Waals surface area contributed by atoms with E-state index >= 15 is 0 Å². The molecule has 8 heteroatoms. The smallest absolute Gasteiger partial charge is 0.246 e. The first-order valence-electron chi connectivity index (χ1n) is 6.36. The molecule has 2 aromatic heterocycles. The number of anilines is 1. The molecule has 0 atom stereocenters. The van der Waals surface area contributed by atoms with Gasteiger partial charge in [-0.3, -0.25) is 0 Å². The summed E-state index contributed by atoms with van der Waals surface area (Å²) in [5, 5.41) is 3.66. The van der Waals surface area contributed by atoms with Gasteiger partial charge in [-0.15, -0.1) is 0 Å².